The van der Waals surface area contributed by atoms with Crippen molar-refractivity contribution in [1.29, 1.82) is 0 Å². The van der Waals surface area contributed by atoms with E-state index in [1.165, 1.54) is 128 Å². The maximum absolute atomic E-state index is 12.3. The molecule has 0 rings (SSSR count). The molecule has 0 saturated heterocycles. The lowest BCUT2D eigenvalue weighted by Gasteiger charge is -2.10. The van der Waals surface area contributed by atoms with Gasteiger partial charge in [0.2, 0.25) is 0 Å². The van der Waals surface area contributed by atoms with Gasteiger partial charge >= 0.3 is 0 Å². The molecule has 2 heteroatoms. The molecule has 0 N–H and O–H groups in total. The van der Waals surface area contributed by atoms with Gasteiger partial charge in [-0.25, -0.2) is 0 Å². The standard InChI is InChI=1S/C32H62O2/c1-4-6-8-10-12-14-15-16-17-19-21-23-25-27-32(34)29-30(3)28-31(33)26-24-22-20-18-13-11-9-7-5-2/h30H,4-29H2,1-3H3. The topological polar surface area (TPSA) is 34.1 Å². The summed E-state index contributed by atoms with van der Waals surface area (Å²) in [6, 6.07) is 0. The summed E-state index contributed by atoms with van der Waals surface area (Å²) >= 11 is 0. The summed E-state index contributed by atoms with van der Waals surface area (Å²) in [6.45, 7) is 6.61. The van der Waals surface area contributed by atoms with Crippen LogP contribution in [0.1, 0.15) is 188 Å². The van der Waals surface area contributed by atoms with Crippen molar-refractivity contribution in [2.75, 3.05) is 0 Å². The Morgan fingerprint density at radius 1 is 0.412 bits per heavy atom. The molecular weight excluding hydrogens is 416 g/mol. The molecule has 0 aliphatic heterocycles. The molecule has 0 spiro atoms. The number of hydrogen-bond acceptors (Lipinski definition) is 2. The lowest BCUT2D eigenvalue weighted by Crippen LogP contribution is -2.10. The van der Waals surface area contributed by atoms with Gasteiger partial charge in [0, 0.05) is 25.7 Å². The van der Waals surface area contributed by atoms with Crippen molar-refractivity contribution in [3.8, 4) is 0 Å². The minimum atomic E-state index is 0.223. The molecule has 0 aromatic rings. The third-order valence-electron chi connectivity index (χ3n) is 7.27. The van der Waals surface area contributed by atoms with E-state index >= 15 is 0 Å². The largest absolute Gasteiger partial charge is 0.300 e. The Balaban J connectivity index is 3.44. The van der Waals surface area contributed by atoms with Gasteiger partial charge in [0.05, 0.1) is 0 Å². The van der Waals surface area contributed by atoms with Gasteiger partial charge < -0.3 is 0 Å². The highest BCUT2D eigenvalue weighted by molar-refractivity contribution is 5.81. The summed E-state index contributed by atoms with van der Waals surface area (Å²) in [5.41, 5.74) is 0. The lowest BCUT2D eigenvalue weighted by molar-refractivity contribution is -0.121. The molecule has 0 aromatic carbocycles. The van der Waals surface area contributed by atoms with Crippen molar-refractivity contribution >= 4 is 11.6 Å². The van der Waals surface area contributed by atoms with Gasteiger partial charge in [0.15, 0.2) is 0 Å². The normalized spacial score (nSPS) is 12.2. The summed E-state index contributed by atoms with van der Waals surface area (Å²) in [5, 5.41) is 0. The van der Waals surface area contributed by atoms with Gasteiger partial charge in [-0.2, -0.15) is 0 Å². The van der Waals surface area contributed by atoms with Crippen molar-refractivity contribution in [3.05, 3.63) is 0 Å². The van der Waals surface area contributed by atoms with Crippen LogP contribution in [0.25, 0.3) is 0 Å². The van der Waals surface area contributed by atoms with E-state index in [4.69, 9.17) is 0 Å². The van der Waals surface area contributed by atoms with Gasteiger partial charge in [-0.05, 0) is 18.8 Å². The van der Waals surface area contributed by atoms with Crippen molar-refractivity contribution in [3.63, 3.8) is 0 Å². The Morgan fingerprint density at radius 3 is 0.912 bits per heavy atom. The Morgan fingerprint density at radius 2 is 0.647 bits per heavy atom. The van der Waals surface area contributed by atoms with E-state index in [0.29, 0.717) is 37.2 Å². The fraction of sp³-hybridized carbons (Fsp3) is 0.938. The van der Waals surface area contributed by atoms with Gasteiger partial charge in [0.1, 0.15) is 11.6 Å². The minimum Gasteiger partial charge on any atom is -0.300 e. The zero-order valence-electron chi connectivity index (χ0n) is 23.8. The van der Waals surface area contributed by atoms with Crippen molar-refractivity contribution in [1.82, 2.24) is 0 Å². The summed E-state index contributed by atoms with van der Waals surface area (Å²) < 4.78 is 0. The maximum atomic E-state index is 12.3. The minimum absolute atomic E-state index is 0.223. The van der Waals surface area contributed by atoms with E-state index in [-0.39, 0.29) is 5.92 Å². The predicted octanol–water partition coefficient (Wildman–Crippen LogP) is 10.9. The molecule has 202 valence electrons. The van der Waals surface area contributed by atoms with Gasteiger partial charge in [-0.3, -0.25) is 9.59 Å². The predicted molar refractivity (Wildman–Crippen MR) is 151 cm³/mol. The van der Waals surface area contributed by atoms with Crippen LogP contribution >= 0.6 is 0 Å². The first-order chi connectivity index (χ1) is 16.6. The van der Waals surface area contributed by atoms with E-state index in [2.05, 4.69) is 20.8 Å². The summed E-state index contributed by atoms with van der Waals surface area (Å²) in [6.07, 6.45) is 31.6. The number of carbonyl (C=O) groups excluding carboxylic acids is 2. The van der Waals surface area contributed by atoms with E-state index in [9.17, 15) is 9.59 Å². The van der Waals surface area contributed by atoms with E-state index in [1.54, 1.807) is 0 Å². The van der Waals surface area contributed by atoms with E-state index in [1.807, 2.05) is 0 Å². The highest BCUT2D eigenvalue weighted by Gasteiger charge is 2.13. The second-order valence-electron chi connectivity index (χ2n) is 11.2. The molecule has 34 heavy (non-hydrogen) atoms. The number of carbonyl (C=O) groups is 2. The number of unbranched alkanes of at least 4 members (excludes halogenated alkanes) is 20. The molecule has 0 aliphatic rings. The molecule has 0 heterocycles. The molecule has 0 bridgehead atoms. The molecule has 0 aliphatic carbocycles. The molecular formula is C32H62O2. The average molecular weight is 479 g/mol. The quantitative estimate of drug-likeness (QED) is 0.105. The van der Waals surface area contributed by atoms with Crippen LogP contribution in [0, 0.1) is 5.92 Å². The molecule has 1 atom stereocenters. The van der Waals surface area contributed by atoms with Crippen LogP contribution < -0.4 is 0 Å². The van der Waals surface area contributed by atoms with Crippen LogP contribution in [0.4, 0.5) is 0 Å². The zero-order chi connectivity index (χ0) is 25.1. The summed E-state index contributed by atoms with van der Waals surface area (Å²) in [5.74, 6) is 0.955. The Hall–Kier alpha value is -0.660. The van der Waals surface area contributed by atoms with Crippen molar-refractivity contribution in [2.45, 2.75) is 188 Å². The molecule has 0 radical (unpaired) electrons. The third kappa shape index (κ3) is 26.0. The summed E-state index contributed by atoms with van der Waals surface area (Å²) in [7, 11) is 0. The molecule has 1 unspecified atom stereocenters. The molecule has 0 amide bonds. The van der Waals surface area contributed by atoms with E-state index in [0.717, 1.165) is 12.8 Å². The first-order valence-corrected chi connectivity index (χ1v) is 15.6. The van der Waals surface area contributed by atoms with Crippen LogP contribution in [-0.2, 0) is 9.59 Å². The fourth-order valence-electron chi connectivity index (χ4n) is 5.03. The second kappa shape index (κ2) is 26.9. The molecule has 2 nitrogen and oxygen atoms in total. The third-order valence-corrected chi connectivity index (χ3v) is 7.27. The smallest absolute Gasteiger partial charge is 0.133 e. The first-order valence-electron chi connectivity index (χ1n) is 15.6. The average Bonchev–Trinajstić information content (AvgIpc) is 2.80. The van der Waals surface area contributed by atoms with E-state index < -0.39 is 0 Å². The number of Topliss-reactive ketones (excluding diaryl/α,β-unsaturated/α-hetero) is 2. The maximum Gasteiger partial charge on any atom is 0.133 e. The highest BCUT2D eigenvalue weighted by atomic mass is 16.1. The van der Waals surface area contributed by atoms with Crippen molar-refractivity contribution in [2.24, 2.45) is 5.92 Å². The fourth-order valence-corrected chi connectivity index (χ4v) is 5.03. The van der Waals surface area contributed by atoms with Crippen LogP contribution in [0.3, 0.4) is 0 Å². The number of rotatable bonds is 28. The van der Waals surface area contributed by atoms with Gasteiger partial charge in [-0.1, -0.05) is 149 Å². The number of hydrogen-bond donors (Lipinski definition) is 0. The lowest BCUT2D eigenvalue weighted by atomic mass is 9.94. The zero-order valence-corrected chi connectivity index (χ0v) is 23.8. The van der Waals surface area contributed by atoms with Crippen LogP contribution in [0.2, 0.25) is 0 Å². The molecule has 0 aromatic heterocycles. The summed E-state index contributed by atoms with van der Waals surface area (Å²) in [4.78, 5) is 24.5. The Labute approximate surface area is 214 Å². The molecule has 0 fully saturated rings. The Bertz CT molecular complexity index is 442. The monoisotopic (exact) mass is 478 g/mol. The second-order valence-corrected chi connectivity index (χ2v) is 11.2. The van der Waals surface area contributed by atoms with Gasteiger partial charge in [0.25, 0.3) is 0 Å². The van der Waals surface area contributed by atoms with Crippen LogP contribution in [0.5, 0.6) is 0 Å². The van der Waals surface area contributed by atoms with Crippen molar-refractivity contribution < 1.29 is 9.59 Å². The highest BCUT2D eigenvalue weighted by Crippen LogP contribution is 2.17. The van der Waals surface area contributed by atoms with Crippen LogP contribution in [0.15, 0.2) is 0 Å². The van der Waals surface area contributed by atoms with Gasteiger partial charge in [-0.15, -0.1) is 0 Å². The first kappa shape index (κ1) is 33.3. The molecule has 0 saturated carbocycles. The SMILES string of the molecule is CCCCCCCCCCCCCCCC(=O)CC(C)CC(=O)CCCCCCCCCCC. The number of ketones is 2. The Kier molecular flexibility index (Phi) is 26.4. The van der Waals surface area contributed by atoms with Crippen LogP contribution in [-0.4, -0.2) is 11.6 Å².